The topological polar surface area (TPSA) is 55.1 Å². The number of benzene rings is 1. The summed E-state index contributed by atoms with van der Waals surface area (Å²) < 4.78 is 0. The summed E-state index contributed by atoms with van der Waals surface area (Å²) in [5, 5.41) is 3.02. The van der Waals surface area contributed by atoms with Crippen molar-refractivity contribution in [2.75, 3.05) is 12.3 Å². The van der Waals surface area contributed by atoms with Crippen molar-refractivity contribution in [1.29, 1.82) is 0 Å². The predicted octanol–water partition coefficient (Wildman–Crippen LogP) is 3.68. The molecule has 3 nitrogen and oxygen atoms in total. The van der Waals surface area contributed by atoms with E-state index in [2.05, 4.69) is 5.32 Å². The second-order valence-corrected chi connectivity index (χ2v) is 6.20. The minimum atomic E-state index is 0.138. The fraction of sp³-hybridized carbons (Fsp3) is 0.611. The van der Waals surface area contributed by atoms with Gasteiger partial charge in [0.25, 0.3) is 0 Å². The number of anilines is 1. The van der Waals surface area contributed by atoms with Crippen molar-refractivity contribution in [2.24, 2.45) is 5.92 Å². The van der Waals surface area contributed by atoms with Crippen molar-refractivity contribution < 1.29 is 4.79 Å². The van der Waals surface area contributed by atoms with Gasteiger partial charge in [-0.1, -0.05) is 56.7 Å². The summed E-state index contributed by atoms with van der Waals surface area (Å²) in [6.07, 6.45) is 10.6. The van der Waals surface area contributed by atoms with Gasteiger partial charge in [-0.2, -0.15) is 0 Å². The third-order valence-corrected chi connectivity index (χ3v) is 4.51. The molecule has 1 aliphatic carbocycles. The van der Waals surface area contributed by atoms with E-state index in [1.54, 1.807) is 0 Å². The molecular formula is C18H28N2O. The van der Waals surface area contributed by atoms with E-state index >= 15 is 0 Å². The Kier molecular flexibility index (Phi) is 6.58. The molecule has 0 aliphatic heterocycles. The fourth-order valence-electron chi connectivity index (χ4n) is 3.18. The summed E-state index contributed by atoms with van der Waals surface area (Å²) in [5.41, 5.74) is 7.72. The van der Waals surface area contributed by atoms with Gasteiger partial charge in [-0.05, 0) is 30.4 Å². The average Bonchev–Trinajstić information content (AvgIpc) is 2.99. The number of carbonyl (C=O) groups excluding carboxylic acids is 1. The third kappa shape index (κ3) is 5.78. The molecule has 3 heteroatoms. The first kappa shape index (κ1) is 15.9. The number of aryl methyl sites for hydroxylation is 1. The minimum Gasteiger partial charge on any atom is -0.399 e. The van der Waals surface area contributed by atoms with Crippen LogP contribution in [0.2, 0.25) is 0 Å². The van der Waals surface area contributed by atoms with Crippen molar-refractivity contribution in [1.82, 2.24) is 5.32 Å². The van der Waals surface area contributed by atoms with E-state index in [-0.39, 0.29) is 5.91 Å². The second-order valence-electron chi connectivity index (χ2n) is 6.20. The number of hydrogen-bond acceptors (Lipinski definition) is 2. The largest absolute Gasteiger partial charge is 0.399 e. The standard InChI is InChI=1S/C18H28N2O/c19-17-11-4-3-10-16(17)12-13-18(21)20-14-6-5-9-15-7-1-2-8-15/h3-4,10-11,15H,1-2,5-9,12-14,19H2,(H,20,21). The van der Waals surface area contributed by atoms with E-state index < -0.39 is 0 Å². The highest BCUT2D eigenvalue weighted by Gasteiger charge is 2.13. The summed E-state index contributed by atoms with van der Waals surface area (Å²) in [4.78, 5) is 11.8. The van der Waals surface area contributed by atoms with Gasteiger partial charge in [0.2, 0.25) is 5.91 Å². The Morgan fingerprint density at radius 2 is 1.95 bits per heavy atom. The van der Waals surface area contributed by atoms with Gasteiger partial charge in [-0.25, -0.2) is 0 Å². The molecule has 21 heavy (non-hydrogen) atoms. The molecule has 0 spiro atoms. The molecule has 0 heterocycles. The normalized spacial score (nSPS) is 15.2. The van der Waals surface area contributed by atoms with Gasteiger partial charge in [0.05, 0.1) is 0 Å². The molecule has 3 N–H and O–H groups in total. The molecule has 1 fully saturated rings. The van der Waals surface area contributed by atoms with Gasteiger partial charge in [-0.15, -0.1) is 0 Å². The Hall–Kier alpha value is -1.51. The number of nitrogens with two attached hydrogens (primary N) is 1. The number of unbranched alkanes of at least 4 members (excludes halogenated alkanes) is 1. The van der Waals surface area contributed by atoms with Crippen LogP contribution in [0.4, 0.5) is 5.69 Å². The summed E-state index contributed by atoms with van der Waals surface area (Å²) in [6, 6.07) is 7.76. The first-order valence-electron chi connectivity index (χ1n) is 8.36. The lowest BCUT2D eigenvalue weighted by Gasteiger charge is -2.09. The van der Waals surface area contributed by atoms with Gasteiger partial charge >= 0.3 is 0 Å². The number of nitrogens with one attached hydrogen (secondary N) is 1. The quantitative estimate of drug-likeness (QED) is 0.566. The summed E-state index contributed by atoms with van der Waals surface area (Å²) >= 11 is 0. The van der Waals surface area contributed by atoms with E-state index in [0.717, 1.165) is 36.6 Å². The fourth-order valence-corrected chi connectivity index (χ4v) is 3.18. The molecule has 2 rings (SSSR count). The van der Waals surface area contributed by atoms with Crippen LogP contribution in [0.1, 0.15) is 56.9 Å². The van der Waals surface area contributed by atoms with Crippen LogP contribution in [0, 0.1) is 5.92 Å². The average molecular weight is 288 g/mol. The molecule has 0 atom stereocenters. The highest BCUT2D eigenvalue weighted by atomic mass is 16.1. The number of amides is 1. The van der Waals surface area contributed by atoms with Crippen LogP contribution in [0.5, 0.6) is 0 Å². The SMILES string of the molecule is Nc1ccccc1CCC(=O)NCCCCC1CCCC1. The molecule has 0 aromatic heterocycles. The summed E-state index contributed by atoms with van der Waals surface area (Å²) in [7, 11) is 0. The Bertz CT molecular complexity index is 439. The van der Waals surface area contributed by atoms with Crippen molar-refractivity contribution in [3.8, 4) is 0 Å². The molecular weight excluding hydrogens is 260 g/mol. The van der Waals surface area contributed by atoms with E-state index in [1.165, 1.54) is 38.5 Å². The lowest BCUT2D eigenvalue weighted by atomic mass is 10.0. The minimum absolute atomic E-state index is 0.138. The number of rotatable bonds is 8. The third-order valence-electron chi connectivity index (χ3n) is 4.51. The number of carbonyl (C=O) groups is 1. The first-order chi connectivity index (χ1) is 10.3. The molecule has 1 aromatic rings. The predicted molar refractivity (Wildman–Crippen MR) is 88.0 cm³/mol. The maximum Gasteiger partial charge on any atom is 0.220 e. The van der Waals surface area contributed by atoms with Crippen molar-refractivity contribution in [3.63, 3.8) is 0 Å². The zero-order chi connectivity index (χ0) is 14.9. The number of nitrogen functional groups attached to an aromatic ring is 1. The Morgan fingerprint density at radius 3 is 2.71 bits per heavy atom. The van der Waals surface area contributed by atoms with E-state index in [1.807, 2.05) is 24.3 Å². The van der Waals surface area contributed by atoms with E-state index in [0.29, 0.717) is 6.42 Å². The zero-order valence-corrected chi connectivity index (χ0v) is 12.9. The molecule has 1 aromatic carbocycles. The highest BCUT2D eigenvalue weighted by Crippen LogP contribution is 2.28. The van der Waals surface area contributed by atoms with Crippen molar-refractivity contribution in [2.45, 2.75) is 57.8 Å². The molecule has 1 aliphatic rings. The van der Waals surface area contributed by atoms with E-state index in [9.17, 15) is 4.79 Å². The molecule has 116 valence electrons. The van der Waals surface area contributed by atoms with Gasteiger partial charge < -0.3 is 11.1 Å². The lowest BCUT2D eigenvalue weighted by molar-refractivity contribution is -0.121. The Labute approximate surface area is 128 Å². The van der Waals surface area contributed by atoms with Crippen LogP contribution >= 0.6 is 0 Å². The molecule has 0 saturated heterocycles. The van der Waals surface area contributed by atoms with Gasteiger partial charge in [0.1, 0.15) is 0 Å². The van der Waals surface area contributed by atoms with Crippen LogP contribution in [-0.4, -0.2) is 12.5 Å². The van der Waals surface area contributed by atoms with Crippen LogP contribution in [0.15, 0.2) is 24.3 Å². The molecule has 1 amide bonds. The van der Waals surface area contributed by atoms with Gasteiger partial charge in [-0.3, -0.25) is 4.79 Å². The number of para-hydroxylation sites is 1. The smallest absolute Gasteiger partial charge is 0.220 e. The molecule has 0 bridgehead atoms. The highest BCUT2D eigenvalue weighted by molar-refractivity contribution is 5.76. The number of hydrogen-bond donors (Lipinski definition) is 2. The van der Waals surface area contributed by atoms with Gasteiger partial charge in [0, 0.05) is 18.7 Å². The monoisotopic (exact) mass is 288 g/mol. The van der Waals surface area contributed by atoms with Gasteiger partial charge in [0.15, 0.2) is 0 Å². The molecule has 0 unspecified atom stereocenters. The van der Waals surface area contributed by atoms with Crippen LogP contribution in [0.3, 0.4) is 0 Å². The first-order valence-corrected chi connectivity index (χ1v) is 8.36. The Balaban J connectivity index is 1.52. The van der Waals surface area contributed by atoms with Crippen molar-refractivity contribution in [3.05, 3.63) is 29.8 Å². The van der Waals surface area contributed by atoms with Crippen LogP contribution in [0.25, 0.3) is 0 Å². The lowest BCUT2D eigenvalue weighted by Crippen LogP contribution is -2.24. The summed E-state index contributed by atoms with van der Waals surface area (Å²) in [6.45, 7) is 0.815. The maximum atomic E-state index is 11.8. The zero-order valence-electron chi connectivity index (χ0n) is 12.9. The van der Waals surface area contributed by atoms with Crippen molar-refractivity contribution >= 4 is 11.6 Å². The second kappa shape index (κ2) is 8.71. The maximum absolute atomic E-state index is 11.8. The molecule has 0 radical (unpaired) electrons. The van der Waals surface area contributed by atoms with E-state index in [4.69, 9.17) is 5.73 Å². The van der Waals surface area contributed by atoms with Crippen LogP contribution < -0.4 is 11.1 Å². The Morgan fingerprint density at radius 1 is 1.19 bits per heavy atom. The molecule has 1 saturated carbocycles. The van der Waals surface area contributed by atoms with Crippen LogP contribution in [-0.2, 0) is 11.2 Å². The summed E-state index contributed by atoms with van der Waals surface area (Å²) in [5.74, 6) is 1.10.